The number of hydrogen-bond acceptors (Lipinski definition) is 9. The van der Waals surface area contributed by atoms with E-state index in [2.05, 4.69) is 34.5 Å². The van der Waals surface area contributed by atoms with Crippen LogP contribution in [0.25, 0.3) is 16.5 Å². The predicted molar refractivity (Wildman–Crippen MR) is 174 cm³/mol. The zero-order valence-electron chi connectivity index (χ0n) is 24.6. The molecule has 8 nitrogen and oxygen atoms in total. The van der Waals surface area contributed by atoms with E-state index in [-0.39, 0.29) is 16.3 Å². The third-order valence-electron chi connectivity index (χ3n) is 7.53. The summed E-state index contributed by atoms with van der Waals surface area (Å²) in [6, 6.07) is 22.3. The number of carbonyl (C=O) groups excluding carboxylic acids is 2. The fraction of sp³-hybridized carbons (Fsp3) is 0.176. The van der Waals surface area contributed by atoms with Gasteiger partial charge >= 0.3 is 5.91 Å². The van der Waals surface area contributed by atoms with Crippen LogP contribution >= 0.6 is 23.1 Å². The molecule has 45 heavy (non-hydrogen) atoms. The van der Waals surface area contributed by atoms with Crippen molar-refractivity contribution in [3.63, 3.8) is 0 Å². The van der Waals surface area contributed by atoms with Crippen molar-refractivity contribution in [2.24, 2.45) is 0 Å². The summed E-state index contributed by atoms with van der Waals surface area (Å²) in [5.41, 5.74) is 1.84. The van der Waals surface area contributed by atoms with Crippen molar-refractivity contribution >= 4 is 56.5 Å². The number of rotatable bonds is 9. The number of aromatic nitrogens is 2. The maximum Gasteiger partial charge on any atom is 0.301 e. The van der Waals surface area contributed by atoms with Crippen LogP contribution < -0.4 is 14.4 Å². The molecule has 11 heteroatoms. The summed E-state index contributed by atoms with van der Waals surface area (Å²) < 4.78 is 26.3. The minimum Gasteiger partial charge on any atom is -0.507 e. The minimum atomic E-state index is -1.09. The quantitative estimate of drug-likeness (QED) is 0.0582. The number of benzene rings is 4. The van der Waals surface area contributed by atoms with Crippen LogP contribution in [-0.2, 0) is 15.3 Å². The van der Waals surface area contributed by atoms with Gasteiger partial charge in [-0.3, -0.25) is 14.5 Å². The first-order chi connectivity index (χ1) is 21.8. The van der Waals surface area contributed by atoms with Crippen LogP contribution in [0.15, 0.2) is 88.8 Å². The molecule has 0 radical (unpaired) electrons. The Bertz CT molecular complexity index is 1970. The van der Waals surface area contributed by atoms with Crippen LogP contribution in [-0.4, -0.2) is 40.7 Å². The van der Waals surface area contributed by atoms with Gasteiger partial charge in [0.2, 0.25) is 5.13 Å². The minimum absolute atomic E-state index is 0.0718. The van der Waals surface area contributed by atoms with Crippen LogP contribution in [0.1, 0.15) is 35.2 Å². The summed E-state index contributed by atoms with van der Waals surface area (Å²) in [6.07, 6.45) is 0. The molecular formula is C34H28FN3O5S2. The maximum absolute atomic E-state index is 14.5. The number of amides is 1. The lowest BCUT2D eigenvalue weighted by Gasteiger charge is -2.23. The number of aliphatic hydroxyl groups is 1. The number of ether oxygens (including phenoxy) is 2. The normalized spacial score (nSPS) is 16.0. The predicted octanol–water partition coefficient (Wildman–Crippen LogP) is 7.46. The average Bonchev–Trinajstić information content (AvgIpc) is 3.62. The molecule has 1 aliphatic heterocycles. The zero-order chi connectivity index (χ0) is 31.7. The Hall–Kier alpha value is -4.74. The molecule has 1 aliphatic rings. The van der Waals surface area contributed by atoms with Gasteiger partial charge in [0.05, 0.1) is 25.3 Å². The van der Waals surface area contributed by atoms with Gasteiger partial charge in [-0.15, -0.1) is 10.2 Å². The second-order valence-electron chi connectivity index (χ2n) is 10.3. The SMILES string of the molecule is CCOc1ccc([C@H]2C(=C(O)c3ccc(C)c(F)c3)C(=O)C(=O)N2c2nnc(SCc3cccc4ccccc34)s2)cc1OC. The number of aryl methyl sites for hydroxylation is 1. The van der Waals surface area contributed by atoms with Gasteiger partial charge in [-0.25, -0.2) is 4.39 Å². The molecule has 0 saturated carbocycles. The summed E-state index contributed by atoms with van der Waals surface area (Å²) in [7, 11) is 1.48. The molecule has 0 bridgehead atoms. The number of carbonyl (C=O) groups is 2. The molecule has 1 N–H and O–H groups in total. The monoisotopic (exact) mass is 641 g/mol. The van der Waals surface area contributed by atoms with Crippen molar-refractivity contribution in [2.75, 3.05) is 18.6 Å². The highest BCUT2D eigenvalue weighted by Gasteiger charge is 2.48. The van der Waals surface area contributed by atoms with E-state index in [1.807, 2.05) is 25.1 Å². The molecule has 1 atom stereocenters. The van der Waals surface area contributed by atoms with Gasteiger partial charge in [0.25, 0.3) is 5.78 Å². The van der Waals surface area contributed by atoms with E-state index in [0.717, 1.165) is 22.4 Å². The van der Waals surface area contributed by atoms with Gasteiger partial charge in [0, 0.05) is 11.3 Å². The first kappa shape index (κ1) is 30.3. The van der Waals surface area contributed by atoms with E-state index in [0.29, 0.717) is 39.3 Å². The largest absolute Gasteiger partial charge is 0.507 e. The van der Waals surface area contributed by atoms with Crippen molar-refractivity contribution in [3.05, 3.63) is 113 Å². The number of halogens is 1. The van der Waals surface area contributed by atoms with Crippen LogP contribution in [0.5, 0.6) is 11.5 Å². The lowest BCUT2D eigenvalue weighted by atomic mass is 9.94. The lowest BCUT2D eigenvalue weighted by molar-refractivity contribution is -0.132. The number of fused-ring (bicyclic) bond motifs is 1. The van der Waals surface area contributed by atoms with Gasteiger partial charge in [0.15, 0.2) is 15.8 Å². The molecule has 1 amide bonds. The van der Waals surface area contributed by atoms with Crippen LogP contribution in [0, 0.1) is 12.7 Å². The van der Waals surface area contributed by atoms with Gasteiger partial charge < -0.3 is 14.6 Å². The van der Waals surface area contributed by atoms with Gasteiger partial charge in [-0.05, 0) is 59.5 Å². The third kappa shape index (κ3) is 5.76. The molecule has 6 rings (SSSR count). The van der Waals surface area contributed by atoms with Crippen LogP contribution in [0.4, 0.5) is 9.52 Å². The third-order valence-corrected chi connectivity index (χ3v) is 9.63. The second kappa shape index (κ2) is 12.7. The average molecular weight is 642 g/mol. The maximum atomic E-state index is 14.5. The molecular weight excluding hydrogens is 614 g/mol. The Morgan fingerprint density at radius 3 is 2.60 bits per heavy atom. The standard InChI is InChI=1S/C34H28FN3O5S2/c1-4-43-26-15-14-21(17-27(26)42-3)29-28(30(39)22-13-12-19(2)25(35)16-22)31(40)32(41)38(29)33-36-37-34(45-33)44-18-23-10-7-9-20-8-5-6-11-24(20)23/h5-17,29,39H,4,18H2,1-3H3/t29-/m0/s1. The van der Waals surface area contributed by atoms with Crippen molar-refractivity contribution in [1.82, 2.24) is 10.2 Å². The summed E-state index contributed by atoms with van der Waals surface area (Å²) in [4.78, 5) is 28.5. The number of Topliss-reactive ketones (excluding diaryl/α,β-unsaturated/α-hetero) is 1. The first-order valence-electron chi connectivity index (χ1n) is 14.1. The molecule has 0 spiro atoms. The number of ketones is 1. The highest BCUT2D eigenvalue weighted by atomic mass is 32.2. The number of nitrogens with zero attached hydrogens (tertiary/aromatic N) is 3. The van der Waals surface area contributed by atoms with E-state index < -0.39 is 29.3 Å². The van der Waals surface area contributed by atoms with E-state index >= 15 is 0 Å². The van der Waals surface area contributed by atoms with E-state index in [9.17, 15) is 19.1 Å². The van der Waals surface area contributed by atoms with E-state index in [1.165, 1.54) is 47.2 Å². The fourth-order valence-electron chi connectivity index (χ4n) is 5.29. The molecule has 1 aromatic heterocycles. The van der Waals surface area contributed by atoms with Crippen LogP contribution in [0.2, 0.25) is 0 Å². The molecule has 4 aromatic carbocycles. The second-order valence-corrected chi connectivity index (χ2v) is 12.4. The number of hydrogen-bond donors (Lipinski definition) is 1. The van der Waals surface area contributed by atoms with Crippen molar-refractivity contribution in [1.29, 1.82) is 0 Å². The Morgan fingerprint density at radius 2 is 1.82 bits per heavy atom. The number of methoxy groups -OCH3 is 1. The molecule has 5 aromatic rings. The lowest BCUT2D eigenvalue weighted by Crippen LogP contribution is -2.29. The van der Waals surface area contributed by atoms with Crippen molar-refractivity contribution in [3.8, 4) is 11.5 Å². The number of aliphatic hydroxyl groups excluding tert-OH is 1. The molecule has 228 valence electrons. The highest BCUT2D eigenvalue weighted by molar-refractivity contribution is 8.00. The Labute approximate surface area is 267 Å². The van der Waals surface area contributed by atoms with E-state index in [1.54, 1.807) is 25.1 Å². The van der Waals surface area contributed by atoms with E-state index in [4.69, 9.17) is 9.47 Å². The fourth-order valence-corrected chi connectivity index (χ4v) is 7.16. The summed E-state index contributed by atoms with van der Waals surface area (Å²) >= 11 is 2.64. The van der Waals surface area contributed by atoms with Gasteiger partial charge in [-0.1, -0.05) is 83.8 Å². The molecule has 2 heterocycles. The van der Waals surface area contributed by atoms with Gasteiger partial charge in [-0.2, -0.15) is 0 Å². The molecule has 0 aliphatic carbocycles. The smallest absolute Gasteiger partial charge is 0.301 e. The Morgan fingerprint density at radius 1 is 1.02 bits per heavy atom. The highest BCUT2D eigenvalue weighted by Crippen LogP contribution is 2.46. The van der Waals surface area contributed by atoms with Crippen molar-refractivity contribution < 1.29 is 28.6 Å². The van der Waals surface area contributed by atoms with Crippen LogP contribution in [0.3, 0.4) is 0 Å². The molecule has 0 unspecified atom stereocenters. The topological polar surface area (TPSA) is 102 Å². The Kier molecular flexibility index (Phi) is 8.55. The van der Waals surface area contributed by atoms with Gasteiger partial charge in [0.1, 0.15) is 11.6 Å². The molecule has 1 fully saturated rings. The number of thioether (sulfide) groups is 1. The summed E-state index contributed by atoms with van der Waals surface area (Å²) in [6.45, 7) is 3.83. The van der Waals surface area contributed by atoms with Crippen molar-refractivity contribution in [2.45, 2.75) is 30.0 Å². The Balaban J connectivity index is 1.41. The zero-order valence-corrected chi connectivity index (χ0v) is 26.2. The first-order valence-corrected chi connectivity index (χ1v) is 15.9. The molecule has 1 saturated heterocycles. The summed E-state index contributed by atoms with van der Waals surface area (Å²) in [5.74, 6) is -1.38. The number of anilines is 1. The summed E-state index contributed by atoms with van der Waals surface area (Å²) in [5, 5.41) is 22.5.